The Kier molecular flexibility index (Phi) is 5.57. The van der Waals surface area contributed by atoms with E-state index >= 15 is 0 Å². The molecule has 1 rings (SSSR count). The zero-order valence-corrected chi connectivity index (χ0v) is 12.3. The van der Waals surface area contributed by atoms with Crippen LogP contribution in [0.2, 0.25) is 0 Å². The van der Waals surface area contributed by atoms with Crippen molar-refractivity contribution in [3.8, 4) is 0 Å². The van der Waals surface area contributed by atoms with Gasteiger partial charge in [0.05, 0.1) is 6.61 Å². The van der Waals surface area contributed by atoms with E-state index in [0.29, 0.717) is 31.9 Å². The molecule has 1 amide bonds. The molecular weight excluding hydrogens is 242 g/mol. The second kappa shape index (κ2) is 6.73. The Balaban J connectivity index is 2.74. The Morgan fingerprint density at radius 3 is 2.79 bits per heavy atom. The lowest BCUT2D eigenvalue weighted by molar-refractivity contribution is 0.0727. The number of methoxy groups -OCH3 is 1. The molecule has 0 radical (unpaired) electrons. The topological polar surface area (TPSA) is 60.5 Å². The number of nitrogens with two attached hydrogens (primary N) is 1. The highest BCUT2D eigenvalue weighted by Gasteiger charge is 2.23. The van der Waals surface area contributed by atoms with Crippen molar-refractivity contribution in [1.29, 1.82) is 0 Å². The second-order valence-electron chi connectivity index (χ2n) is 5.61. The molecule has 0 aliphatic heterocycles. The first kappa shape index (κ1) is 15.7. The first-order chi connectivity index (χ1) is 8.91. The fraction of sp³-hybridized carbons (Fsp3) is 0.643. The minimum absolute atomic E-state index is 0.0163. The van der Waals surface area contributed by atoms with Gasteiger partial charge < -0.3 is 19.9 Å². The van der Waals surface area contributed by atoms with E-state index in [1.807, 2.05) is 29.9 Å². The minimum Gasteiger partial charge on any atom is -0.383 e. The molecule has 108 valence electrons. The number of ether oxygens (including phenoxy) is 1. The predicted molar refractivity (Wildman–Crippen MR) is 76.1 cm³/mol. The number of carbonyl (C=O) groups is 1. The molecule has 0 saturated heterocycles. The lowest BCUT2D eigenvalue weighted by Crippen LogP contribution is -2.40. The molecule has 19 heavy (non-hydrogen) atoms. The molecule has 5 heteroatoms. The number of hydrogen-bond acceptors (Lipinski definition) is 3. The molecule has 0 atom stereocenters. The lowest BCUT2D eigenvalue weighted by Gasteiger charge is -2.29. The van der Waals surface area contributed by atoms with Crippen LogP contribution in [0.5, 0.6) is 0 Å². The molecule has 5 nitrogen and oxygen atoms in total. The highest BCUT2D eigenvalue weighted by atomic mass is 16.5. The van der Waals surface area contributed by atoms with Crippen LogP contribution in [0.25, 0.3) is 0 Å². The summed E-state index contributed by atoms with van der Waals surface area (Å²) in [6, 6.07) is 3.72. The Labute approximate surface area is 115 Å². The molecule has 0 unspecified atom stereocenters. The molecule has 1 aromatic heterocycles. The maximum Gasteiger partial charge on any atom is 0.270 e. The van der Waals surface area contributed by atoms with Crippen molar-refractivity contribution in [3.63, 3.8) is 0 Å². The van der Waals surface area contributed by atoms with Crippen LogP contribution in [-0.2, 0) is 11.3 Å². The number of aromatic nitrogens is 1. The summed E-state index contributed by atoms with van der Waals surface area (Å²) in [5, 5.41) is 0. The molecule has 0 saturated carbocycles. The Bertz CT molecular complexity index is 413. The highest BCUT2D eigenvalue weighted by Crippen LogP contribution is 2.16. The third kappa shape index (κ3) is 4.36. The van der Waals surface area contributed by atoms with Gasteiger partial charge >= 0.3 is 0 Å². The van der Waals surface area contributed by atoms with Crippen LogP contribution in [0.15, 0.2) is 18.3 Å². The summed E-state index contributed by atoms with van der Waals surface area (Å²) in [5.41, 5.74) is 6.32. The van der Waals surface area contributed by atoms with E-state index in [2.05, 4.69) is 13.8 Å². The normalized spacial score (nSPS) is 11.6. The molecule has 0 fully saturated rings. The largest absolute Gasteiger partial charge is 0.383 e. The lowest BCUT2D eigenvalue weighted by atomic mass is 9.93. The van der Waals surface area contributed by atoms with Gasteiger partial charge in [-0.05, 0) is 24.1 Å². The maximum atomic E-state index is 12.4. The quantitative estimate of drug-likeness (QED) is 0.807. The van der Waals surface area contributed by atoms with Gasteiger partial charge in [0.2, 0.25) is 0 Å². The predicted octanol–water partition coefficient (Wildman–Crippen LogP) is 1.19. The van der Waals surface area contributed by atoms with Crippen LogP contribution < -0.4 is 5.73 Å². The monoisotopic (exact) mass is 267 g/mol. The Morgan fingerprint density at radius 1 is 1.53 bits per heavy atom. The van der Waals surface area contributed by atoms with Gasteiger partial charge in [0.1, 0.15) is 5.69 Å². The summed E-state index contributed by atoms with van der Waals surface area (Å²) in [7, 11) is 3.47. The van der Waals surface area contributed by atoms with Gasteiger partial charge in [-0.1, -0.05) is 13.8 Å². The van der Waals surface area contributed by atoms with Crippen LogP contribution in [0.1, 0.15) is 24.3 Å². The average molecular weight is 267 g/mol. The van der Waals surface area contributed by atoms with E-state index in [1.165, 1.54) is 0 Å². The molecule has 0 spiro atoms. The van der Waals surface area contributed by atoms with Gasteiger partial charge in [-0.3, -0.25) is 4.79 Å². The molecular formula is C14H25N3O2. The highest BCUT2D eigenvalue weighted by molar-refractivity contribution is 5.92. The average Bonchev–Trinajstić information content (AvgIpc) is 2.83. The Morgan fingerprint density at radius 2 is 2.21 bits per heavy atom. The number of rotatable bonds is 7. The third-order valence-corrected chi connectivity index (χ3v) is 3.15. The summed E-state index contributed by atoms with van der Waals surface area (Å²) in [4.78, 5) is 14.1. The standard InChI is InChI=1S/C14H25N3O2/c1-14(2,10-15)11-16(3)13(18)12-6-5-7-17(12)8-9-19-4/h5-7H,8-11,15H2,1-4H3. The summed E-state index contributed by atoms with van der Waals surface area (Å²) in [6.07, 6.45) is 1.90. The van der Waals surface area contributed by atoms with Gasteiger partial charge in [0.15, 0.2) is 0 Å². The van der Waals surface area contributed by atoms with Crippen molar-refractivity contribution >= 4 is 5.91 Å². The first-order valence-corrected chi connectivity index (χ1v) is 6.51. The third-order valence-electron chi connectivity index (χ3n) is 3.15. The number of hydrogen-bond donors (Lipinski definition) is 1. The van der Waals surface area contributed by atoms with Crippen molar-refractivity contribution in [2.45, 2.75) is 20.4 Å². The molecule has 1 heterocycles. The van der Waals surface area contributed by atoms with E-state index in [9.17, 15) is 4.79 Å². The first-order valence-electron chi connectivity index (χ1n) is 6.51. The molecule has 0 aromatic carbocycles. The van der Waals surface area contributed by atoms with E-state index in [1.54, 1.807) is 12.0 Å². The molecule has 0 aliphatic rings. The maximum absolute atomic E-state index is 12.4. The van der Waals surface area contributed by atoms with Gasteiger partial charge in [-0.15, -0.1) is 0 Å². The summed E-state index contributed by atoms with van der Waals surface area (Å²) in [5.74, 6) is 0.0163. The summed E-state index contributed by atoms with van der Waals surface area (Å²) in [6.45, 7) is 6.57. The van der Waals surface area contributed by atoms with Gasteiger partial charge in [-0.25, -0.2) is 0 Å². The van der Waals surface area contributed by atoms with Crippen molar-refractivity contribution in [3.05, 3.63) is 24.0 Å². The number of amides is 1. The van der Waals surface area contributed by atoms with E-state index < -0.39 is 0 Å². The van der Waals surface area contributed by atoms with Crippen molar-refractivity contribution in [1.82, 2.24) is 9.47 Å². The second-order valence-corrected chi connectivity index (χ2v) is 5.61. The Hall–Kier alpha value is -1.33. The van der Waals surface area contributed by atoms with Gasteiger partial charge in [0, 0.05) is 33.4 Å². The van der Waals surface area contributed by atoms with Crippen molar-refractivity contribution < 1.29 is 9.53 Å². The van der Waals surface area contributed by atoms with Crippen LogP contribution in [0, 0.1) is 5.41 Å². The zero-order valence-electron chi connectivity index (χ0n) is 12.3. The number of carbonyl (C=O) groups excluding carboxylic acids is 1. The van der Waals surface area contributed by atoms with E-state index in [0.717, 1.165) is 0 Å². The van der Waals surface area contributed by atoms with Crippen LogP contribution in [0.4, 0.5) is 0 Å². The van der Waals surface area contributed by atoms with Crippen LogP contribution >= 0.6 is 0 Å². The fourth-order valence-corrected chi connectivity index (χ4v) is 1.97. The summed E-state index contributed by atoms with van der Waals surface area (Å²) < 4.78 is 6.96. The van der Waals surface area contributed by atoms with E-state index in [-0.39, 0.29) is 11.3 Å². The molecule has 2 N–H and O–H groups in total. The molecule has 0 aliphatic carbocycles. The van der Waals surface area contributed by atoms with Gasteiger partial charge in [-0.2, -0.15) is 0 Å². The van der Waals surface area contributed by atoms with E-state index in [4.69, 9.17) is 10.5 Å². The van der Waals surface area contributed by atoms with Crippen LogP contribution in [0.3, 0.4) is 0 Å². The van der Waals surface area contributed by atoms with Crippen molar-refractivity contribution in [2.24, 2.45) is 11.1 Å². The van der Waals surface area contributed by atoms with Crippen LogP contribution in [-0.4, -0.2) is 49.2 Å². The van der Waals surface area contributed by atoms with Gasteiger partial charge in [0.25, 0.3) is 5.91 Å². The number of nitrogens with zero attached hydrogens (tertiary/aromatic N) is 2. The molecule has 1 aromatic rings. The van der Waals surface area contributed by atoms with Crippen molar-refractivity contribution in [2.75, 3.05) is 33.9 Å². The zero-order chi connectivity index (χ0) is 14.5. The fourth-order valence-electron chi connectivity index (χ4n) is 1.97. The molecule has 0 bridgehead atoms. The SMILES string of the molecule is COCCn1cccc1C(=O)N(C)CC(C)(C)CN. The summed E-state index contributed by atoms with van der Waals surface area (Å²) >= 11 is 0. The smallest absolute Gasteiger partial charge is 0.270 e. The minimum atomic E-state index is -0.0750.